The van der Waals surface area contributed by atoms with Crippen molar-refractivity contribution in [2.45, 2.75) is 12.8 Å². The summed E-state index contributed by atoms with van der Waals surface area (Å²) in [7, 11) is 0. The summed E-state index contributed by atoms with van der Waals surface area (Å²) in [5.74, 6) is 0.569. The Morgan fingerprint density at radius 1 is 1.08 bits per heavy atom. The van der Waals surface area contributed by atoms with Gasteiger partial charge in [0.05, 0.1) is 18.0 Å². The number of aromatic nitrogens is 5. The SMILES string of the molecule is FC(F)(F)c1cccc(Br)c1COc1cnc(-n2cnnc2)nc1. The monoisotopic (exact) mass is 399 g/mol. The first-order valence-electron chi connectivity index (χ1n) is 6.59. The molecule has 3 rings (SSSR count). The van der Waals surface area contributed by atoms with Gasteiger partial charge in [-0.2, -0.15) is 13.2 Å². The van der Waals surface area contributed by atoms with E-state index in [4.69, 9.17) is 4.74 Å². The van der Waals surface area contributed by atoms with E-state index in [0.29, 0.717) is 10.4 Å². The van der Waals surface area contributed by atoms with Gasteiger partial charge in [0.25, 0.3) is 0 Å². The lowest BCUT2D eigenvalue weighted by Gasteiger charge is -2.15. The highest BCUT2D eigenvalue weighted by Crippen LogP contribution is 2.35. The van der Waals surface area contributed by atoms with Gasteiger partial charge in [0.2, 0.25) is 5.95 Å². The minimum Gasteiger partial charge on any atom is -0.486 e. The molecule has 3 aromatic rings. The van der Waals surface area contributed by atoms with Gasteiger partial charge in [-0.3, -0.25) is 4.57 Å². The fourth-order valence-electron chi connectivity index (χ4n) is 1.95. The second kappa shape index (κ2) is 6.56. The van der Waals surface area contributed by atoms with E-state index < -0.39 is 11.7 Å². The minimum atomic E-state index is -4.46. The highest BCUT2D eigenvalue weighted by Gasteiger charge is 2.34. The second-order valence-electron chi connectivity index (χ2n) is 4.64. The largest absolute Gasteiger partial charge is 0.486 e. The molecule has 0 saturated carbocycles. The standard InChI is InChI=1S/C14H9BrF3N5O/c15-12-3-1-2-11(14(16,17)18)10(12)6-24-9-4-19-13(20-5-9)23-7-21-22-8-23/h1-5,7-8H,6H2. The molecule has 10 heteroatoms. The fraction of sp³-hybridized carbons (Fsp3) is 0.143. The average Bonchev–Trinajstić information content (AvgIpc) is 3.07. The molecule has 124 valence electrons. The van der Waals surface area contributed by atoms with Gasteiger partial charge in [0.15, 0.2) is 5.75 Å². The van der Waals surface area contributed by atoms with Crippen molar-refractivity contribution >= 4 is 15.9 Å². The molecule has 0 radical (unpaired) electrons. The lowest BCUT2D eigenvalue weighted by Crippen LogP contribution is -2.11. The fourth-order valence-corrected chi connectivity index (χ4v) is 2.43. The van der Waals surface area contributed by atoms with E-state index in [1.165, 1.54) is 41.7 Å². The molecule has 6 nitrogen and oxygen atoms in total. The van der Waals surface area contributed by atoms with E-state index in [2.05, 4.69) is 36.1 Å². The van der Waals surface area contributed by atoms with Crippen molar-refractivity contribution in [3.63, 3.8) is 0 Å². The molecule has 0 aliphatic heterocycles. The first kappa shape index (κ1) is 16.4. The quantitative estimate of drug-likeness (QED) is 0.672. The number of alkyl halides is 3. The van der Waals surface area contributed by atoms with E-state index in [9.17, 15) is 13.2 Å². The van der Waals surface area contributed by atoms with E-state index in [1.54, 1.807) is 0 Å². The van der Waals surface area contributed by atoms with Crippen LogP contribution in [0.1, 0.15) is 11.1 Å². The van der Waals surface area contributed by atoms with E-state index >= 15 is 0 Å². The zero-order chi connectivity index (χ0) is 17.2. The maximum absolute atomic E-state index is 13.0. The molecule has 0 N–H and O–H groups in total. The van der Waals surface area contributed by atoms with Crippen LogP contribution in [0.5, 0.6) is 5.75 Å². The van der Waals surface area contributed by atoms with Gasteiger partial charge in [0, 0.05) is 10.0 Å². The predicted molar refractivity (Wildman–Crippen MR) is 80.4 cm³/mol. The lowest BCUT2D eigenvalue weighted by atomic mass is 10.1. The number of hydrogen-bond donors (Lipinski definition) is 0. The van der Waals surface area contributed by atoms with Crippen molar-refractivity contribution in [1.29, 1.82) is 0 Å². The minimum absolute atomic E-state index is 0.00730. The summed E-state index contributed by atoms with van der Waals surface area (Å²) in [6.45, 7) is -0.272. The Morgan fingerprint density at radius 3 is 2.38 bits per heavy atom. The zero-order valence-corrected chi connectivity index (χ0v) is 13.5. The predicted octanol–water partition coefficient (Wildman–Crippen LogP) is 3.42. The summed E-state index contributed by atoms with van der Waals surface area (Å²) in [5.41, 5.74) is -0.744. The molecule has 0 atom stereocenters. The second-order valence-corrected chi connectivity index (χ2v) is 5.49. The Morgan fingerprint density at radius 2 is 1.75 bits per heavy atom. The molecule has 0 fully saturated rings. The number of hydrogen-bond acceptors (Lipinski definition) is 5. The summed E-state index contributed by atoms with van der Waals surface area (Å²) in [6.07, 6.45) is 1.12. The van der Waals surface area contributed by atoms with E-state index in [1.807, 2.05) is 0 Å². The molecule has 0 bridgehead atoms. The van der Waals surface area contributed by atoms with Crippen LogP contribution in [0.2, 0.25) is 0 Å². The van der Waals surface area contributed by atoms with Gasteiger partial charge in [-0.25, -0.2) is 9.97 Å². The molecule has 0 amide bonds. The number of halogens is 4. The van der Waals surface area contributed by atoms with Crippen LogP contribution in [-0.2, 0) is 12.8 Å². The molecule has 24 heavy (non-hydrogen) atoms. The normalized spacial score (nSPS) is 11.5. The molecular formula is C14H9BrF3N5O. The Labute approximate surface area is 142 Å². The topological polar surface area (TPSA) is 65.7 Å². The Kier molecular flexibility index (Phi) is 4.47. The molecule has 0 saturated heterocycles. The Balaban J connectivity index is 1.77. The van der Waals surface area contributed by atoms with Gasteiger partial charge in [-0.1, -0.05) is 22.0 Å². The van der Waals surface area contributed by atoms with Gasteiger partial charge >= 0.3 is 6.18 Å². The molecule has 0 aliphatic carbocycles. The first-order valence-corrected chi connectivity index (χ1v) is 7.39. The molecule has 0 unspecified atom stereocenters. The third kappa shape index (κ3) is 3.53. The van der Waals surface area contributed by atoms with Gasteiger partial charge in [-0.15, -0.1) is 10.2 Å². The number of nitrogens with zero attached hydrogens (tertiary/aromatic N) is 5. The van der Waals surface area contributed by atoms with Gasteiger partial charge < -0.3 is 4.74 Å². The molecule has 2 aromatic heterocycles. The average molecular weight is 400 g/mol. The Bertz CT molecular complexity index is 821. The van der Waals surface area contributed by atoms with Crippen LogP contribution in [0.15, 0.2) is 47.7 Å². The van der Waals surface area contributed by atoms with E-state index in [-0.39, 0.29) is 17.9 Å². The molecule has 1 aromatic carbocycles. The molecule has 0 aliphatic rings. The Hall–Kier alpha value is -2.49. The summed E-state index contributed by atoms with van der Waals surface area (Å²) in [5, 5.41) is 7.26. The van der Waals surface area contributed by atoms with Crippen LogP contribution < -0.4 is 4.74 Å². The molecule has 2 heterocycles. The van der Waals surface area contributed by atoms with Crippen molar-refractivity contribution in [2.75, 3.05) is 0 Å². The summed E-state index contributed by atoms with van der Waals surface area (Å²) in [4.78, 5) is 8.08. The van der Waals surface area contributed by atoms with Crippen LogP contribution in [0, 0.1) is 0 Å². The smallest absolute Gasteiger partial charge is 0.416 e. The van der Waals surface area contributed by atoms with Crippen LogP contribution in [0.25, 0.3) is 5.95 Å². The number of benzene rings is 1. The highest BCUT2D eigenvalue weighted by molar-refractivity contribution is 9.10. The third-order valence-electron chi connectivity index (χ3n) is 3.07. The van der Waals surface area contributed by atoms with Gasteiger partial charge in [0.1, 0.15) is 19.3 Å². The van der Waals surface area contributed by atoms with Crippen molar-refractivity contribution < 1.29 is 17.9 Å². The summed E-state index contributed by atoms with van der Waals surface area (Å²) in [6, 6.07) is 3.86. The summed E-state index contributed by atoms with van der Waals surface area (Å²) < 4.78 is 46.3. The van der Waals surface area contributed by atoms with Crippen LogP contribution in [0.3, 0.4) is 0 Å². The number of ether oxygens (including phenoxy) is 1. The maximum atomic E-state index is 13.0. The third-order valence-corrected chi connectivity index (χ3v) is 3.81. The van der Waals surface area contributed by atoms with Crippen molar-refractivity contribution in [3.05, 3.63) is 58.8 Å². The lowest BCUT2D eigenvalue weighted by molar-refractivity contribution is -0.138. The van der Waals surface area contributed by atoms with Crippen molar-refractivity contribution in [1.82, 2.24) is 24.7 Å². The van der Waals surface area contributed by atoms with Crippen molar-refractivity contribution in [3.8, 4) is 11.7 Å². The number of rotatable bonds is 4. The van der Waals surface area contributed by atoms with E-state index in [0.717, 1.165) is 6.07 Å². The van der Waals surface area contributed by atoms with Crippen LogP contribution in [-0.4, -0.2) is 24.7 Å². The van der Waals surface area contributed by atoms with Crippen molar-refractivity contribution in [2.24, 2.45) is 0 Å². The zero-order valence-electron chi connectivity index (χ0n) is 11.9. The van der Waals surface area contributed by atoms with Gasteiger partial charge in [-0.05, 0) is 12.1 Å². The van der Waals surface area contributed by atoms with Crippen LogP contribution in [0.4, 0.5) is 13.2 Å². The maximum Gasteiger partial charge on any atom is 0.416 e. The van der Waals surface area contributed by atoms with Crippen LogP contribution >= 0.6 is 15.9 Å². The molecular weight excluding hydrogens is 391 g/mol. The summed E-state index contributed by atoms with van der Waals surface area (Å²) >= 11 is 3.12. The molecule has 0 spiro atoms. The first-order chi connectivity index (χ1) is 11.4. The highest BCUT2D eigenvalue weighted by atomic mass is 79.9.